The third kappa shape index (κ3) is 3.55. The van der Waals surface area contributed by atoms with Gasteiger partial charge in [0.05, 0.1) is 43.0 Å². The summed E-state index contributed by atoms with van der Waals surface area (Å²) in [5.74, 6) is -1.81. The number of ether oxygens (including phenoxy) is 1. The highest BCUT2D eigenvalue weighted by molar-refractivity contribution is 5.84. The second kappa shape index (κ2) is 7.98. The van der Waals surface area contributed by atoms with Crippen LogP contribution in [0.2, 0.25) is 0 Å². The molecule has 1 atom stereocenters. The van der Waals surface area contributed by atoms with Gasteiger partial charge in [0.2, 0.25) is 0 Å². The maximum Gasteiger partial charge on any atom is 0.281 e. The number of nitrogens with zero attached hydrogens (tertiary/aromatic N) is 6. The maximum atomic E-state index is 14.1. The minimum absolute atomic E-state index is 0.172. The molecule has 0 bridgehead atoms. The predicted molar refractivity (Wildman–Crippen MR) is 127 cm³/mol. The van der Waals surface area contributed by atoms with Gasteiger partial charge in [0, 0.05) is 36.1 Å². The molecule has 1 fully saturated rings. The van der Waals surface area contributed by atoms with Gasteiger partial charge < -0.3 is 15.4 Å². The van der Waals surface area contributed by atoms with Crippen molar-refractivity contribution in [2.45, 2.75) is 18.9 Å². The summed E-state index contributed by atoms with van der Waals surface area (Å²) < 4.78 is 37.4. The molecule has 1 aliphatic heterocycles. The van der Waals surface area contributed by atoms with Gasteiger partial charge in [0.15, 0.2) is 0 Å². The molecule has 35 heavy (non-hydrogen) atoms. The van der Waals surface area contributed by atoms with Crippen LogP contribution in [0, 0.1) is 6.92 Å². The molecule has 0 spiro atoms. The molecule has 0 aromatic carbocycles. The number of fused-ring (bicyclic) bond motifs is 2. The molecule has 11 heteroatoms. The van der Waals surface area contributed by atoms with Crippen molar-refractivity contribution in [2.75, 3.05) is 25.5 Å². The summed E-state index contributed by atoms with van der Waals surface area (Å²) in [6.07, 6.45) is 7.06. The first kappa shape index (κ1) is 21.4. The number of nitrogens with one attached hydrogen (secondary N) is 2. The Morgan fingerprint density at radius 2 is 2.06 bits per heavy atom. The fraction of sp³-hybridized carbons (Fsp3) is 0.250. The van der Waals surface area contributed by atoms with Crippen molar-refractivity contribution in [3.05, 3.63) is 60.7 Å². The molecule has 1 saturated heterocycles. The molecule has 0 radical (unpaired) electrons. The smallest absolute Gasteiger partial charge is 0.281 e. The average Bonchev–Trinajstić information content (AvgIpc) is 3.55. The van der Waals surface area contributed by atoms with Crippen molar-refractivity contribution in [1.82, 2.24) is 34.5 Å². The van der Waals surface area contributed by atoms with E-state index in [0.717, 1.165) is 27.9 Å². The number of hydrogen-bond acceptors (Lipinski definition) is 7. The maximum absolute atomic E-state index is 14.1. The largest absolute Gasteiger partial charge is 0.496 e. The fourth-order valence-corrected chi connectivity index (χ4v) is 4.45. The summed E-state index contributed by atoms with van der Waals surface area (Å²) in [5, 5.41) is 14.2. The Balaban J connectivity index is 1.47. The zero-order valence-corrected chi connectivity index (χ0v) is 19.0. The first-order valence-electron chi connectivity index (χ1n) is 11.1. The van der Waals surface area contributed by atoms with Gasteiger partial charge in [-0.15, -0.1) is 0 Å². The second-order valence-electron chi connectivity index (χ2n) is 8.53. The highest BCUT2D eigenvalue weighted by atomic mass is 19.3. The fourth-order valence-electron chi connectivity index (χ4n) is 4.45. The lowest BCUT2D eigenvalue weighted by Crippen LogP contribution is -2.38. The minimum atomic E-state index is -2.84. The van der Waals surface area contributed by atoms with Gasteiger partial charge >= 0.3 is 0 Å². The Kier molecular flexibility index (Phi) is 4.88. The Morgan fingerprint density at radius 1 is 1.17 bits per heavy atom. The molecule has 5 aromatic rings. The van der Waals surface area contributed by atoms with Gasteiger partial charge in [-0.05, 0) is 30.7 Å². The van der Waals surface area contributed by atoms with Crippen molar-refractivity contribution in [3.8, 4) is 28.3 Å². The van der Waals surface area contributed by atoms with Crippen LogP contribution in [0.25, 0.3) is 33.7 Å². The molecule has 1 aliphatic rings. The minimum Gasteiger partial charge on any atom is -0.496 e. The number of alkyl halides is 2. The summed E-state index contributed by atoms with van der Waals surface area (Å²) in [4.78, 5) is 9.23. The number of anilines is 1. The van der Waals surface area contributed by atoms with Crippen LogP contribution in [-0.2, 0) is 0 Å². The first-order valence-corrected chi connectivity index (χ1v) is 11.1. The molecule has 2 N–H and O–H groups in total. The number of aryl methyl sites for hydroxylation is 1. The van der Waals surface area contributed by atoms with Crippen LogP contribution in [0.1, 0.15) is 5.56 Å². The van der Waals surface area contributed by atoms with Gasteiger partial charge in [0.25, 0.3) is 5.92 Å². The highest BCUT2D eigenvalue weighted by Gasteiger charge is 2.44. The summed E-state index contributed by atoms with van der Waals surface area (Å²) in [6.45, 7) is 1.75. The summed E-state index contributed by atoms with van der Waals surface area (Å²) in [7, 11) is 1.61. The number of rotatable bonds is 5. The first-order chi connectivity index (χ1) is 16.9. The Labute approximate surface area is 198 Å². The van der Waals surface area contributed by atoms with Crippen LogP contribution in [0.3, 0.4) is 0 Å². The van der Waals surface area contributed by atoms with Gasteiger partial charge in [-0.25, -0.2) is 18.7 Å². The molecule has 6 heterocycles. The number of halogens is 2. The van der Waals surface area contributed by atoms with Crippen molar-refractivity contribution >= 4 is 17.0 Å². The van der Waals surface area contributed by atoms with Crippen LogP contribution in [0.4, 0.5) is 14.6 Å². The predicted octanol–water partition coefficient (Wildman–Crippen LogP) is 3.44. The SMILES string of the molecule is COc1cc2ncc(-c3nc(NC4CNCC4(F)F)ccc3C)n2cc1-c1cnn2ncccc12. The van der Waals surface area contributed by atoms with E-state index in [1.54, 1.807) is 36.4 Å². The number of pyridine rings is 2. The molecule has 178 valence electrons. The Hall–Kier alpha value is -4.12. The quantitative estimate of drug-likeness (QED) is 0.401. The van der Waals surface area contributed by atoms with E-state index in [1.165, 1.54) is 0 Å². The number of methoxy groups -OCH3 is 1. The topological polar surface area (TPSA) is 93.7 Å². The normalized spacial score (nSPS) is 17.3. The van der Waals surface area contributed by atoms with Crippen molar-refractivity contribution in [3.63, 3.8) is 0 Å². The van der Waals surface area contributed by atoms with E-state index in [1.807, 2.05) is 41.8 Å². The summed E-state index contributed by atoms with van der Waals surface area (Å²) in [5.41, 5.74) is 5.44. The highest BCUT2D eigenvalue weighted by Crippen LogP contribution is 2.35. The zero-order valence-electron chi connectivity index (χ0n) is 19.0. The van der Waals surface area contributed by atoms with Crippen LogP contribution in [0.5, 0.6) is 5.75 Å². The third-order valence-electron chi connectivity index (χ3n) is 6.30. The molecule has 9 nitrogen and oxygen atoms in total. The number of aromatic nitrogens is 6. The molecule has 1 unspecified atom stereocenters. The van der Waals surface area contributed by atoms with E-state index in [4.69, 9.17) is 4.74 Å². The van der Waals surface area contributed by atoms with E-state index in [0.29, 0.717) is 22.9 Å². The number of imidazole rings is 1. The van der Waals surface area contributed by atoms with Crippen LogP contribution in [-0.4, -0.2) is 61.4 Å². The summed E-state index contributed by atoms with van der Waals surface area (Å²) >= 11 is 0. The Bertz CT molecular complexity index is 1560. The van der Waals surface area contributed by atoms with Crippen LogP contribution in [0.15, 0.2) is 55.1 Å². The standard InChI is InChI=1S/C24H22F2N8O/c1-14-5-6-21(31-20-11-27-13-24(20,25)26)32-23(14)18-10-28-22-8-19(35-2)16(12-33(18)22)15-9-30-34-17(15)4-3-7-29-34/h3-10,12,20,27H,11,13H2,1-2H3,(H,31,32). The Morgan fingerprint density at radius 3 is 2.86 bits per heavy atom. The third-order valence-corrected chi connectivity index (χ3v) is 6.30. The van der Waals surface area contributed by atoms with E-state index >= 15 is 0 Å². The van der Waals surface area contributed by atoms with Crippen LogP contribution < -0.4 is 15.4 Å². The molecule has 0 amide bonds. The van der Waals surface area contributed by atoms with Crippen molar-refractivity contribution in [1.29, 1.82) is 0 Å². The lowest BCUT2D eigenvalue weighted by atomic mass is 10.1. The van der Waals surface area contributed by atoms with Gasteiger partial charge in [-0.1, -0.05) is 6.07 Å². The van der Waals surface area contributed by atoms with Gasteiger partial charge in [0.1, 0.15) is 23.3 Å². The molecule has 5 aromatic heterocycles. The van der Waals surface area contributed by atoms with E-state index < -0.39 is 12.0 Å². The van der Waals surface area contributed by atoms with Crippen molar-refractivity contribution in [2.24, 2.45) is 0 Å². The second-order valence-corrected chi connectivity index (χ2v) is 8.53. The molecular weight excluding hydrogens is 454 g/mol. The van der Waals surface area contributed by atoms with E-state index in [2.05, 4.69) is 30.8 Å². The molecule has 0 aliphatic carbocycles. The van der Waals surface area contributed by atoms with Gasteiger partial charge in [-0.2, -0.15) is 14.8 Å². The zero-order chi connectivity index (χ0) is 24.2. The van der Waals surface area contributed by atoms with E-state index in [9.17, 15) is 8.78 Å². The summed E-state index contributed by atoms with van der Waals surface area (Å²) in [6, 6.07) is 8.20. The average molecular weight is 476 g/mol. The van der Waals surface area contributed by atoms with Gasteiger partial charge in [-0.3, -0.25) is 4.40 Å². The lowest BCUT2D eigenvalue weighted by Gasteiger charge is -2.20. The van der Waals surface area contributed by atoms with E-state index in [-0.39, 0.29) is 13.1 Å². The number of hydrogen-bond donors (Lipinski definition) is 2. The van der Waals surface area contributed by atoms with Crippen LogP contribution >= 0.6 is 0 Å². The monoisotopic (exact) mass is 476 g/mol. The lowest BCUT2D eigenvalue weighted by molar-refractivity contribution is 0.0138. The van der Waals surface area contributed by atoms with Crippen molar-refractivity contribution < 1.29 is 13.5 Å². The molecule has 6 rings (SSSR count). The molecular formula is C24H22F2N8O. The molecule has 0 saturated carbocycles.